The predicted octanol–water partition coefficient (Wildman–Crippen LogP) is 4.35. The zero-order chi connectivity index (χ0) is 9.68. The summed E-state index contributed by atoms with van der Waals surface area (Å²) in [5.41, 5.74) is 0. The van der Waals surface area contributed by atoms with E-state index in [1.165, 1.54) is 44.7 Å². The van der Waals surface area contributed by atoms with Gasteiger partial charge in [0.15, 0.2) is 0 Å². The van der Waals surface area contributed by atoms with Crippen molar-refractivity contribution in [1.29, 1.82) is 0 Å². The van der Waals surface area contributed by atoms with Crippen molar-refractivity contribution in [1.82, 2.24) is 0 Å². The topological polar surface area (TPSA) is 0 Å². The summed E-state index contributed by atoms with van der Waals surface area (Å²) in [6.45, 7) is 8.11. The Morgan fingerprint density at radius 2 is 1.69 bits per heavy atom. The summed E-state index contributed by atoms with van der Waals surface area (Å²) in [7, 11) is 0. The predicted molar refractivity (Wildman–Crippen MR) is 62.6 cm³/mol. The summed E-state index contributed by atoms with van der Waals surface area (Å²) in [6.07, 6.45) is 10.3. The number of hydrogen-bond donors (Lipinski definition) is 0. The first-order chi connectivity index (χ1) is 6.27. The minimum absolute atomic E-state index is 1.00. The van der Waals surface area contributed by atoms with Crippen LogP contribution in [0.1, 0.15) is 46.0 Å². The highest BCUT2D eigenvalue weighted by molar-refractivity contribution is 6.57. The quantitative estimate of drug-likeness (QED) is 0.564. The molecule has 0 bridgehead atoms. The van der Waals surface area contributed by atoms with E-state index in [-0.39, 0.29) is 0 Å². The van der Waals surface area contributed by atoms with Crippen LogP contribution < -0.4 is 0 Å². The molecule has 0 aromatic rings. The van der Waals surface area contributed by atoms with Crippen LogP contribution in [0.15, 0.2) is 0 Å². The van der Waals surface area contributed by atoms with Crippen LogP contribution in [0.3, 0.4) is 0 Å². The average molecular weight is 180 g/mol. The molecule has 0 spiro atoms. The molecule has 13 heavy (non-hydrogen) atoms. The lowest BCUT2D eigenvalue weighted by atomic mass is 9.39. The molecule has 1 aliphatic rings. The van der Waals surface area contributed by atoms with Crippen molar-refractivity contribution < 1.29 is 0 Å². The van der Waals surface area contributed by atoms with Crippen molar-refractivity contribution in [2.75, 3.05) is 0 Å². The smallest absolute Gasteiger partial charge is 0.0861 e. The van der Waals surface area contributed by atoms with E-state index < -0.39 is 0 Å². The standard InChI is InChI=1S/C12H25B/c1-4-6-11-8-9-13(3)10-12(11)7-5-2/h11-12H,4-10H2,1-3H3. The van der Waals surface area contributed by atoms with Crippen LogP contribution in [-0.4, -0.2) is 6.71 Å². The van der Waals surface area contributed by atoms with Gasteiger partial charge in [-0.15, -0.1) is 0 Å². The molecule has 1 saturated heterocycles. The normalized spacial score (nSPS) is 29.3. The molecule has 2 unspecified atom stereocenters. The maximum absolute atomic E-state index is 2.44. The molecule has 0 amide bonds. The van der Waals surface area contributed by atoms with Gasteiger partial charge >= 0.3 is 0 Å². The van der Waals surface area contributed by atoms with Crippen molar-refractivity contribution in [3.05, 3.63) is 0 Å². The van der Waals surface area contributed by atoms with E-state index in [0.29, 0.717) is 0 Å². The Balaban J connectivity index is 2.40. The van der Waals surface area contributed by atoms with Gasteiger partial charge in [-0.3, -0.25) is 0 Å². The number of rotatable bonds is 4. The zero-order valence-electron chi connectivity index (χ0n) is 9.68. The van der Waals surface area contributed by atoms with Gasteiger partial charge in [-0.1, -0.05) is 65.4 Å². The molecule has 0 N–H and O–H groups in total. The van der Waals surface area contributed by atoms with Gasteiger partial charge in [0.2, 0.25) is 0 Å². The fourth-order valence-electron chi connectivity index (χ4n) is 3.04. The second kappa shape index (κ2) is 5.72. The fraction of sp³-hybridized carbons (Fsp3) is 1.00. The third-order valence-electron chi connectivity index (χ3n) is 3.72. The highest BCUT2D eigenvalue weighted by Gasteiger charge is 2.28. The molecular formula is C12H25B. The second-order valence-corrected chi connectivity index (χ2v) is 5.02. The molecule has 1 fully saturated rings. The van der Waals surface area contributed by atoms with Gasteiger partial charge < -0.3 is 0 Å². The third kappa shape index (κ3) is 3.36. The highest BCUT2D eigenvalue weighted by atomic mass is 14.2. The van der Waals surface area contributed by atoms with Crippen LogP contribution in [0.5, 0.6) is 0 Å². The molecule has 0 saturated carbocycles. The van der Waals surface area contributed by atoms with E-state index >= 15 is 0 Å². The molecule has 1 heteroatoms. The minimum Gasteiger partial charge on any atom is -0.0861 e. The summed E-state index contributed by atoms with van der Waals surface area (Å²) in [5, 5.41) is 0. The summed E-state index contributed by atoms with van der Waals surface area (Å²) >= 11 is 0. The van der Waals surface area contributed by atoms with Crippen LogP contribution in [-0.2, 0) is 0 Å². The van der Waals surface area contributed by atoms with Gasteiger partial charge in [0, 0.05) is 0 Å². The lowest BCUT2D eigenvalue weighted by Crippen LogP contribution is -2.27. The van der Waals surface area contributed by atoms with Crippen LogP contribution in [0, 0.1) is 11.8 Å². The Bertz CT molecular complexity index is 133. The molecular weight excluding hydrogens is 155 g/mol. The fourth-order valence-corrected chi connectivity index (χ4v) is 3.04. The zero-order valence-corrected chi connectivity index (χ0v) is 9.68. The van der Waals surface area contributed by atoms with Crippen molar-refractivity contribution >= 4 is 6.71 Å². The largest absolute Gasteiger partial charge is 0.136 e. The molecule has 0 aromatic carbocycles. The summed E-state index contributed by atoms with van der Waals surface area (Å²) in [6, 6.07) is 0. The Morgan fingerprint density at radius 1 is 1.08 bits per heavy atom. The third-order valence-corrected chi connectivity index (χ3v) is 3.72. The van der Waals surface area contributed by atoms with E-state index in [4.69, 9.17) is 0 Å². The SMILES string of the molecule is CCCC1CCB(C)CC1CCC. The summed E-state index contributed by atoms with van der Waals surface area (Å²) < 4.78 is 0. The van der Waals surface area contributed by atoms with Gasteiger partial charge in [-0.2, -0.15) is 0 Å². The second-order valence-electron chi connectivity index (χ2n) is 5.02. The Hall–Kier alpha value is 0.0649. The van der Waals surface area contributed by atoms with E-state index in [1.54, 1.807) is 0 Å². The molecule has 1 rings (SSSR count). The van der Waals surface area contributed by atoms with Gasteiger partial charge in [0.1, 0.15) is 6.71 Å². The van der Waals surface area contributed by atoms with E-state index in [2.05, 4.69) is 20.7 Å². The Morgan fingerprint density at radius 3 is 2.31 bits per heavy atom. The lowest BCUT2D eigenvalue weighted by molar-refractivity contribution is 0.289. The van der Waals surface area contributed by atoms with Crippen LogP contribution in [0.2, 0.25) is 19.5 Å². The summed E-state index contributed by atoms with van der Waals surface area (Å²) in [5.74, 6) is 2.13. The first kappa shape index (κ1) is 11.1. The van der Waals surface area contributed by atoms with Gasteiger partial charge in [0.05, 0.1) is 0 Å². The molecule has 0 aromatic heterocycles. The maximum atomic E-state index is 2.44. The van der Waals surface area contributed by atoms with Crippen molar-refractivity contribution in [3.8, 4) is 0 Å². The van der Waals surface area contributed by atoms with Crippen LogP contribution in [0.4, 0.5) is 0 Å². The van der Waals surface area contributed by atoms with Gasteiger partial charge in [-0.25, -0.2) is 0 Å². The minimum atomic E-state index is 1.00. The maximum Gasteiger partial charge on any atom is 0.136 e. The van der Waals surface area contributed by atoms with Crippen LogP contribution in [0.25, 0.3) is 0 Å². The molecule has 0 radical (unpaired) electrons. The molecule has 2 atom stereocenters. The first-order valence-electron chi connectivity index (χ1n) is 6.27. The first-order valence-corrected chi connectivity index (χ1v) is 6.27. The molecule has 0 nitrogen and oxygen atoms in total. The molecule has 76 valence electrons. The summed E-state index contributed by atoms with van der Waals surface area (Å²) in [4.78, 5) is 0. The van der Waals surface area contributed by atoms with Gasteiger partial charge in [0.25, 0.3) is 0 Å². The number of hydrogen-bond acceptors (Lipinski definition) is 0. The van der Waals surface area contributed by atoms with Crippen molar-refractivity contribution in [2.45, 2.75) is 65.4 Å². The molecule has 1 heterocycles. The van der Waals surface area contributed by atoms with E-state index in [9.17, 15) is 0 Å². The highest BCUT2D eigenvalue weighted by Crippen LogP contribution is 2.36. The molecule has 1 aliphatic heterocycles. The monoisotopic (exact) mass is 180 g/mol. The Labute approximate surface area is 84.6 Å². The van der Waals surface area contributed by atoms with E-state index in [0.717, 1.165) is 18.5 Å². The lowest BCUT2D eigenvalue weighted by Gasteiger charge is -2.33. The van der Waals surface area contributed by atoms with Crippen LogP contribution >= 0.6 is 0 Å². The van der Waals surface area contributed by atoms with E-state index in [1.807, 2.05) is 0 Å². The average Bonchev–Trinajstić information content (AvgIpc) is 2.10. The van der Waals surface area contributed by atoms with Gasteiger partial charge in [-0.05, 0) is 11.8 Å². The molecule has 0 aliphatic carbocycles. The van der Waals surface area contributed by atoms with Crippen molar-refractivity contribution in [3.63, 3.8) is 0 Å². The van der Waals surface area contributed by atoms with Crippen molar-refractivity contribution in [2.24, 2.45) is 11.8 Å². The Kier molecular flexibility index (Phi) is 4.91.